The van der Waals surface area contributed by atoms with Crippen molar-refractivity contribution >= 4 is 94.1 Å². The van der Waals surface area contributed by atoms with Gasteiger partial charge in [-0.25, -0.2) is 8.42 Å². The van der Waals surface area contributed by atoms with Gasteiger partial charge in [0.05, 0.1) is 17.1 Å². The van der Waals surface area contributed by atoms with E-state index in [0.717, 1.165) is 24.3 Å². The third-order valence-electron chi connectivity index (χ3n) is 6.41. The van der Waals surface area contributed by atoms with E-state index in [2.05, 4.69) is 42.8 Å². The van der Waals surface area contributed by atoms with Crippen LogP contribution in [0.4, 0.5) is 45.5 Å². The first-order valence-electron chi connectivity index (χ1n) is 14.1. The van der Waals surface area contributed by atoms with E-state index in [0.29, 0.717) is 34.8 Å². The van der Waals surface area contributed by atoms with Crippen LogP contribution in [0.25, 0.3) is 10.8 Å². The third kappa shape index (κ3) is 16.6. The first kappa shape index (κ1) is 53.8. The zero-order valence-electron chi connectivity index (χ0n) is 30.2. The Kier molecular flexibility index (Phi) is 23.5. The number of aromatic hydroxyl groups is 1. The zero-order valence-corrected chi connectivity index (χ0v) is 38.6. The number of rotatable bonds is 10. The molecule has 0 aliphatic carbocycles. The minimum Gasteiger partial charge on any atom is -0.745 e. The van der Waals surface area contributed by atoms with Crippen molar-refractivity contribution < 1.29 is 146 Å². The van der Waals surface area contributed by atoms with E-state index in [4.69, 9.17) is 35.7 Å². The summed E-state index contributed by atoms with van der Waals surface area (Å²) in [6, 6.07) is 22.0. The molecule has 284 valence electrons. The number of fused-ring (bicyclic) bond motifs is 1. The quantitative estimate of drug-likeness (QED) is 0.0202. The van der Waals surface area contributed by atoms with Gasteiger partial charge in [0.15, 0.2) is 5.69 Å². The molecule has 0 aliphatic rings. The van der Waals surface area contributed by atoms with Crippen LogP contribution in [0.2, 0.25) is 0 Å². The van der Waals surface area contributed by atoms with Gasteiger partial charge in [0.2, 0.25) is 0 Å². The van der Waals surface area contributed by atoms with Crippen molar-refractivity contribution in [3.63, 3.8) is 0 Å². The Balaban J connectivity index is 0.00000271. The number of carbonyl (C=O) groups is 1. The monoisotopic (exact) mass is 880 g/mol. The predicted molar refractivity (Wildman–Crippen MR) is 185 cm³/mol. The van der Waals surface area contributed by atoms with Gasteiger partial charge < -0.3 is 20.1 Å². The maximum atomic E-state index is 12.1. The van der Waals surface area contributed by atoms with Crippen molar-refractivity contribution in [3.8, 4) is 11.5 Å². The molecule has 0 unspecified atom stereocenters. The van der Waals surface area contributed by atoms with Gasteiger partial charge in [-0.05, 0) is 65.9 Å². The Hall–Kier alpha value is -4.22. The van der Waals surface area contributed by atoms with Gasteiger partial charge in [0.1, 0.15) is 27.3 Å². The third-order valence-corrected chi connectivity index (χ3v) is 7.28. The molecule has 0 spiro atoms. The minimum atomic E-state index is -5.10. The number of nitro groups is 1. The fourth-order valence-electron chi connectivity index (χ4n) is 4.17. The number of nitro benzene ring substituents is 1. The number of aryl methyl sites for hydroxylation is 1. The number of hydrogen-bond donors (Lipinski definition) is 2. The molecule has 0 bridgehead atoms. The number of nitrogen functional groups attached to an aromatic ring is 1. The van der Waals surface area contributed by atoms with Crippen LogP contribution in [-0.2, 0) is 36.1 Å². The number of phenols is 1. The average molecular weight is 881 g/mol. The summed E-state index contributed by atoms with van der Waals surface area (Å²) in [6.45, 7) is 2.08. The van der Waals surface area contributed by atoms with Crippen molar-refractivity contribution in [3.05, 3.63) is 101 Å². The minimum absolute atomic E-state index is 0. The number of hydrogen-bond acceptors (Lipinski definition) is 21. The van der Waals surface area contributed by atoms with E-state index in [9.17, 15) is 33.0 Å². The second-order valence-electron chi connectivity index (χ2n) is 9.92. The van der Waals surface area contributed by atoms with Crippen LogP contribution in [-0.4, -0.2) is 54.7 Å². The molecule has 28 heteroatoms. The molecule has 5 rings (SSSR count). The van der Waals surface area contributed by atoms with Crippen molar-refractivity contribution in [1.29, 1.82) is 0 Å². The van der Waals surface area contributed by atoms with Crippen LogP contribution >= 0.6 is 0 Å². The van der Waals surface area contributed by atoms with Gasteiger partial charge in [0, 0.05) is 15.9 Å². The van der Waals surface area contributed by atoms with E-state index < -0.39 is 52.6 Å². The molecule has 0 aliphatic heterocycles. The molecule has 0 amide bonds. The molecular formula is C30H19N8Na3O14S3. The van der Waals surface area contributed by atoms with Crippen LogP contribution in [0.5, 0.6) is 11.5 Å². The van der Waals surface area contributed by atoms with E-state index in [1.54, 1.807) is 43.3 Å². The molecule has 5 aromatic carbocycles. The largest absolute Gasteiger partial charge is 1.00 e. The number of ether oxygens (including phenoxy) is 1. The Morgan fingerprint density at radius 3 is 1.97 bits per heavy atom. The average Bonchev–Trinajstić information content (AvgIpc) is 3.10. The summed E-state index contributed by atoms with van der Waals surface area (Å²) in [7, 11) is -11.3. The van der Waals surface area contributed by atoms with Gasteiger partial charge in [-0.15, -0.1) is 47.9 Å². The topological polar surface area (TPSA) is 349 Å². The molecule has 5 aromatic rings. The molecule has 0 atom stereocenters. The second kappa shape index (κ2) is 25.3. The maximum Gasteiger partial charge on any atom is 1.00 e. The number of non-ortho nitro benzene ring substituents is 1. The molecular weight excluding hydrogens is 862 g/mol. The number of nitrogens with zero attached hydrogens (tertiary/aromatic N) is 7. The number of phenolic OH excluding ortho intramolecular Hbond substituents is 1. The number of carbonyl (C=O) groups excluding carboxylic acids is 1. The van der Waals surface area contributed by atoms with Gasteiger partial charge >= 0.3 is 110 Å². The van der Waals surface area contributed by atoms with Gasteiger partial charge in [0.25, 0.3) is 6.47 Å². The summed E-state index contributed by atoms with van der Waals surface area (Å²) >= 11 is 0. The molecule has 0 heterocycles. The van der Waals surface area contributed by atoms with E-state index in [1.807, 2.05) is 0 Å². The SMILES string of the molecule is Cc1cc(N=Nc2[c-]cc3c(S(=O)(=O)[O-])cc(N=Nc4[c-]cc([N+](=O)[O-])cc4)c(O)c3c2N)ccc1N=Nc1cccc(OC=O)c1.O=S(=O)=O.O=S(=O)=O.[Na+].[Na+].[Na+]. The molecule has 0 radical (unpaired) electrons. The summed E-state index contributed by atoms with van der Waals surface area (Å²) < 4.78 is 91.8. The summed E-state index contributed by atoms with van der Waals surface area (Å²) in [4.78, 5) is 20.0. The molecule has 0 saturated carbocycles. The van der Waals surface area contributed by atoms with E-state index >= 15 is 0 Å². The van der Waals surface area contributed by atoms with Crippen molar-refractivity contribution in [2.45, 2.75) is 11.8 Å². The Morgan fingerprint density at radius 1 is 0.810 bits per heavy atom. The summed E-state index contributed by atoms with van der Waals surface area (Å²) in [5.74, 6) is -0.302. The van der Waals surface area contributed by atoms with Gasteiger partial charge in [-0.1, -0.05) is 23.6 Å². The molecule has 3 N–H and O–H groups in total. The fraction of sp³-hybridized carbons (Fsp3) is 0.0333. The Labute approximate surface area is 396 Å². The predicted octanol–water partition coefficient (Wildman–Crippen LogP) is -3.37. The number of anilines is 1. The van der Waals surface area contributed by atoms with Gasteiger partial charge in [-0.2, -0.15) is 37.7 Å². The summed E-state index contributed by atoms with van der Waals surface area (Å²) in [6.07, 6.45) is 0. The zero-order chi connectivity index (χ0) is 40.9. The Bertz CT molecular complexity index is 2690. The summed E-state index contributed by atoms with van der Waals surface area (Å²) in [5.41, 5.74) is 7.31. The van der Waals surface area contributed by atoms with Crippen molar-refractivity contribution in [2.24, 2.45) is 30.7 Å². The number of benzene rings is 5. The fourth-order valence-corrected chi connectivity index (χ4v) is 4.85. The smallest absolute Gasteiger partial charge is 0.745 e. The van der Waals surface area contributed by atoms with E-state index in [1.165, 1.54) is 12.1 Å². The maximum absolute atomic E-state index is 12.1. The second-order valence-corrected chi connectivity index (χ2v) is 12.1. The van der Waals surface area contributed by atoms with E-state index in [-0.39, 0.29) is 122 Å². The van der Waals surface area contributed by atoms with Crippen LogP contribution in [0.3, 0.4) is 0 Å². The van der Waals surface area contributed by atoms with Crippen LogP contribution in [0.1, 0.15) is 5.56 Å². The summed E-state index contributed by atoms with van der Waals surface area (Å²) in [5, 5.41) is 45.6. The van der Waals surface area contributed by atoms with Crippen LogP contribution in [0.15, 0.2) is 108 Å². The van der Waals surface area contributed by atoms with Gasteiger partial charge in [-0.3, -0.25) is 14.9 Å². The Morgan fingerprint density at radius 2 is 1.41 bits per heavy atom. The normalized spacial score (nSPS) is 10.5. The first-order valence-corrected chi connectivity index (χ1v) is 17.5. The standard InChI is InChI=1S/C30H20N8O8S.3Na.2O3S/c1-17-13-20(7-11-24(17)35-33-19-3-2-4-22(14-19)46-16-39)34-36-25-12-10-23-27(47(43,44)45)15-26(30(40)28(23)29(25)31)37-32-18-5-8-21(9-6-18)38(41)42;;;;2*1-4(2)3/h2-5,7-11,13-16,40H,31H2,1H3,(H,43,44,45);;;;;/q-2;3*+1;;/p-1. The van der Waals surface area contributed by atoms with Crippen molar-refractivity contribution in [1.82, 2.24) is 0 Å². The first-order chi connectivity index (χ1) is 25.9. The molecule has 0 saturated heterocycles. The van der Waals surface area contributed by atoms with Crippen LogP contribution in [0, 0.1) is 29.2 Å². The molecule has 58 heavy (non-hydrogen) atoms. The molecule has 22 nitrogen and oxygen atoms in total. The number of azo groups is 3. The number of nitrogens with two attached hydrogens (primary N) is 1. The molecule has 0 fully saturated rings. The molecule has 0 aromatic heterocycles. The van der Waals surface area contributed by atoms with Crippen molar-refractivity contribution in [2.75, 3.05) is 5.73 Å². The van der Waals surface area contributed by atoms with Crippen LogP contribution < -0.4 is 99.1 Å².